The normalized spacial score (nSPS) is 12.3. The molecule has 2 aromatic rings. The molecular formula is C19H25N. The fourth-order valence-corrected chi connectivity index (χ4v) is 2.34. The summed E-state index contributed by atoms with van der Waals surface area (Å²) in [5.74, 6) is 0. The van der Waals surface area contributed by atoms with Crippen LogP contribution in [0.2, 0.25) is 0 Å². The fraction of sp³-hybridized carbons (Fsp3) is 0.368. The molecule has 1 N–H and O–H groups in total. The van der Waals surface area contributed by atoms with Crippen molar-refractivity contribution < 1.29 is 0 Å². The standard InChI is InChI=1S/C19H25N/c1-15-9-11-19(13-16(15)2)14-20-17(3)10-12-18-7-5-4-6-8-18/h4-9,11,13,17,20H,10,12,14H2,1-3H3. The summed E-state index contributed by atoms with van der Waals surface area (Å²) >= 11 is 0. The number of nitrogens with one attached hydrogen (secondary N) is 1. The first kappa shape index (κ1) is 14.8. The van der Waals surface area contributed by atoms with Gasteiger partial charge >= 0.3 is 0 Å². The van der Waals surface area contributed by atoms with Crippen molar-refractivity contribution in [1.29, 1.82) is 0 Å². The van der Waals surface area contributed by atoms with Gasteiger partial charge < -0.3 is 5.32 Å². The minimum atomic E-state index is 0.539. The van der Waals surface area contributed by atoms with Gasteiger partial charge in [-0.3, -0.25) is 0 Å². The lowest BCUT2D eigenvalue weighted by Gasteiger charge is -2.14. The highest BCUT2D eigenvalue weighted by Crippen LogP contribution is 2.10. The summed E-state index contributed by atoms with van der Waals surface area (Å²) in [6, 6.07) is 18.0. The van der Waals surface area contributed by atoms with Crippen molar-refractivity contribution >= 4 is 0 Å². The smallest absolute Gasteiger partial charge is 0.0208 e. The van der Waals surface area contributed by atoms with Gasteiger partial charge in [0.05, 0.1) is 0 Å². The third kappa shape index (κ3) is 4.50. The van der Waals surface area contributed by atoms with Crippen LogP contribution in [-0.4, -0.2) is 6.04 Å². The Morgan fingerprint density at radius 2 is 1.65 bits per heavy atom. The largest absolute Gasteiger partial charge is 0.310 e. The maximum absolute atomic E-state index is 3.62. The van der Waals surface area contributed by atoms with Crippen LogP contribution >= 0.6 is 0 Å². The second-order valence-corrected chi connectivity index (χ2v) is 5.72. The molecule has 0 saturated carbocycles. The van der Waals surface area contributed by atoms with Crippen molar-refractivity contribution in [3.05, 3.63) is 70.8 Å². The van der Waals surface area contributed by atoms with E-state index < -0.39 is 0 Å². The van der Waals surface area contributed by atoms with Gasteiger partial charge in [-0.1, -0.05) is 48.5 Å². The Balaban J connectivity index is 1.77. The molecule has 0 saturated heterocycles. The summed E-state index contributed by atoms with van der Waals surface area (Å²) in [4.78, 5) is 0. The van der Waals surface area contributed by atoms with Gasteiger partial charge in [-0.2, -0.15) is 0 Å². The van der Waals surface area contributed by atoms with Crippen molar-refractivity contribution in [2.24, 2.45) is 0 Å². The van der Waals surface area contributed by atoms with E-state index in [1.807, 2.05) is 0 Å². The molecule has 106 valence electrons. The molecule has 0 aromatic heterocycles. The molecule has 2 rings (SSSR count). The van der Waals surface area contributed by atoms with E-state index in [2.05, 4.69) is 74.6 Å². The Bertz CT molecular complexity index is 531. The molecule has 0 fully saturated rings. The van der Waals surface area contributed by atoms with Crippen molar-refractivity contribution in [1.82, 2.24) is 5.32 Å². The molecule has 0 bridgehead atoms. The predicted molar refractivity (Wildman–Crippen MR) is 87.0 cm³/mol. The highest BCUT2D eigenvalue weighted by Gasteiger charge is 2.03. The van der Waals surface area contributed by atoms with Gasteiger partial charge in [-0.25, -0.2) is 0 Å². The van der Waals surface area contributed by atoms with Crippen molar-refractivity contribution in [2.75, 3.05) is 0 Å². The topological polar surface area (TPSA) is 12.0 Å². The quantitative estimate of drug-likeness (QED) is 0.817. The van der Waals surface area contributed by atoms with Gasteiger partial charge in [0, 0.05) is 12.6 Å². The first-order valence-electron chi connectivity index (χ1n) is 7.48. The number of hydrogen-bond donors (Lipinski definition) is 1. The number of rotatable bonds is 6. The number of aryl methyl sites for hydroxylation is 3. The summed E-state index contributed by atoms with van der Waals surface area (Å²) in [7, 11) is 0. The van der Waals surface area contributed by atoms with Crippen LogP contribution in [-0.2, 0) is 13.0 Å². The maximum Gasteiger partial charge on any atom is 0.0208 e. The number of benzene rings is 2. The zero-order valence-corrected chi connectivity index (χ0v) is 12.8. The molecule has 20 heavy (non-hydrogen) atoms. The second-order valence-electron chi connectivity index (χ2n) is 5.72. The Morgan fingerprint density at radius 3 is 2.35 bits per heavy atom. The highest BCUT2D eigenvalue weighted by atomic mass is 14.9. The van der Waals surface area contributed by atoms with Gasteiger partial charge in [0.15, 0.2) is 0 Å². The molecule has 0 spiro atoms. The molecule has 1 heteroatoms. The predicted octanol–water partition coefficient (Wildman–Crippen LogP) is 4.41. The van der Waals surface area contributed by atoms with E-state index in [0.29, 0.717) is 6.04 Å². The van der Waals surface area contributed by atoms with Crippen LogP contribution in [0.4, 0.5) is 0 Å². The first-order valence-corrected chi connectivity index (χ1v) is 7.48. The third-order valence-corrected chi connectivity index (χ3v) is 3.93. The zero-order valence-electron chi connectivity index (χ0n) is 12.8. The summed E-state index contributed by atoms with van der Waals surface area (Å²) in [6.45, 7) is 7.56. The van der Waals surface area contributed by atoms with E-state index in [9.17, 15) is 0 Å². The minimum Gasteiger partial charge on any atom is -0.310 e. The molecule has 1 nitrogen and oxygen atoms in total. The Morgan fingerprint density at radius 1 is 0.900 bits per heavy atom. The van der Waals surface area contributed by atoms with Crippen LogP contribution in [0.25, 0.3) is 0 Å². The van der Waals surface area contributed by atoms with Crippen LogP contribution in [0.15, 0.2) is 48.5 Å². The summed E-state index contributed by atoms with van der Waals surface area (Å²) in [5.41, 5.74) is 5.54. The van der Waals surface area contributed by atoms with Gasteiger partial charge in [0.25, 0.3) is 0 Å². The Kier molecular flexibility index (Phi) is 5.37. The molecule has 2 aromatic carbocycles. The third-order valence-electron chi connectivity index (χ3n) is 3.93. The lowest BCUT2D eigenvalue weighted by molar-refractivity contribution is 0.514. The summed E-state index contributed by atoms with van der Waals surface area (Å²) in [6.07, 6.45) is 2.32. The minimum absolute atomic E-state index is 0.539. The van der Waals surface area contributed by atoms with Crippen LogP contribution in [0, 0.1) is 13.8 Å². The van der Waals surface area contributed by atoms with Crippen molar-refractivity contribution in [2.45, 2.75) is 46.2 Å². The average Bonchev–Trinajstić information content (AvgIpc) is 2.47. The van der Waals surface area contributed by atoms with Gasteiger partial charge in [-0.15, -0.1) is 0 Å². The Hall–Kier alpha value is -1.60. The zero-order chi connectivity index (χ0) is 14.4. The summed E-state index contributed by atoms with van der Waals surface area (Å²) < 4.78 is 0. The van der Waals surface area contributed by atoms with E-state index >= 15 is 0 Å². The van der Waals surface area contributed by atoms with Gasteiger partial charge in [0.2, 0.25) is 0 Å². The molecule has 0 aliphatic carbocycles. The molecular weight excluding hydrogens is 242 g/mol. The van der Waals surface area contributed by atoms with E-state index in [1.54, 1.807) is 0 Å². The Labute approximate surface area is 123 Å². The van der Waals surface area contributed by atoms with E-state index in [-0.39, 0.29) is 0 Å². The van der Waals surface area contributed by atoms with Crippen molar-refractivity contribution in [3.8, 4) is 0 Å². The van der Waals surface area contributed by atoms with Crippen LogP contribution < -0.4 is 5.32 Å². The van der Waals surface area contributed by atoms with Crippen LogP contribution in [0.3, 0.4) is 0 Å². The molecule has 0 amide bonds. The molecule has 0 aliphatic rings. The lowest BCUT2D eigenvalue weighted by Crippen LogP contribution is -2.26. The molecule has 1 unspecified atom stereocenters. The molecule has 1 atom stereocenters. The van der Waals surface area contributed by atoms with Gasteiger partial charge in [0.1, 0.15) is 0 Å². The summed E-state index contributed by atoms with van der Waals surface area (Å²) in [5, 5.41) is 3.62. The van der Waals surface area contributed by atoms with Gasteiger partial charge in [-0.05, 0) is 55.9 Å². The van der Waals surface area contributed by atoms with E-state index in [4.69, 9.17) is 0 Å². The average molecular weight is 267 g/mol. The SMILES string of the molecule is Cc1ccc(CNC(C)CCc2ccccc2)cc1C. The molecule has 0 radical (unpaired) electrons. The molecule has 0 aliphatic heterocycles. The lowest BCUT2D eigenvalue weighted by atomic mass is 10.0. The van der Waals surface area contributed by atoms with Crippen LogP contribution in [0.5, 0.6) is 0 Å². The highest BCUT2D eigenvalue weighted by molar-refractivity contribution is 5.29. The van der Waals surface area contributed by atoms with Crippen LogP contribution in [0.1, 0.15) is 35.6 Å². The monoisotopic (exact) mass is 267 g/mol. The van der Waals surface area contributed by atoms with E-state index in [1.165, 1.54) is 28.7 Å². The molecule has 0 heterocycles. The second kappa shape index (κ2) is 7.25. The maximum atomic E-state index is 3.62. The fourth-order valence-electron chi connectivity index (χ4n) is 2.34. The van der Waals surface area contributed by atoms with Crippen molar-refractivity contribution in [3.63, 3.8) is 0 Å². The first-order chi connectivity index (χ1) is 9.65. The number of hydrogen-bond acceptors (Lipinski definition) is 1. The van der Waals surface area contributed by atoms with E-state index in [0.717, 1.165) is 13.0 Å².